The minimum absolute atomic E-state index is 0.0344. The number of carbonyl (C=O) groups excluding carboxylic acids is 2. The minimum Gasteiger partial charge on any atom is -0.495 e. The Labute approximate surface area is 197 Å². The van der Waals surface area contributed by atoms with Crippen LogP contribution in [0.2, 0.25) is 0 Å². The van der Waals surface area contributed by atoms with Crippen molar-refractivity contribution in [2.75, 3.05) is 39.8 Å². The molecule has 0 bridgehead atoms. The van der Waals surface area contributed by atoms with Gasteiger partial charge < -0.3 is 14.5 Å². The molecule has 0 radical (unpaired) electrons. The number of piperidine rings is 1. The third-order valence-electron chi connectivity index (χ3n) is 6.59. The molecule has 3 rings (SSSR count). The molecule has 8 nitrogen and oxygen atoms in total. The van der Waals surface area contributed by atoms with Crippen molar-refractivity contribution in [1.82, 2.24) is 14.1 Å². The molecule has 2 aliphatic rings. The summed E-state index contributed by atoms with van der Waals surface area (Å²) in [5.74, 6) is 0.620. The van der Waals surface area contributed by atoms with Gasteiger partial charge in [-0.25, -0.2) is 8.42 Å². The summed E-state index contributed by atoms with van der Waals surface area (Å²) in [5.41, 5.74) is 0.318. The number of amides is 2. The number of benzene rings is 1. The lowest BCUT2D eigenvalue weighted by Gasteiger charge is -2.35. The van der Waals surface area contributed by atoms with Crippen LogP contribution in [0.1, 0.15) is 63.2 Å². The van der Waals surface area contributed by atoms with Crippen molar-refractivity contribution < 1.29 is 22.7 Å². The van der Waals surface area contributed by atoms with Crippen molar-refractivity contribution in [2.45, 2.75) is 63.8 Å². The van der Waals surface area contributed by atoms with Crippen molar-refractivity contribution in [3.63, 3.8) is 0 Å². The van der Waals surface area contributed by atoms with Crippen molar-refractivity contribution in [3.05, 3.63) is 23.8 Å². The fraction of sp³-hybridized carbons (Fsp3) is 0.667. The summed E-state index contributed by atoms with van der Waals surface area (Å²) in [7, 11) is -2.35. The molecule has 0 aliphatic carbocycles. The van der Waals surface area contributed by atoms with Crippen LogP contribution in [-0.2, 0) is 14.8 Å². The van der Waals surface area contributed by atoms with Gasteiger partial charge in [0.05, 0.1) is 7.11 Å². The van der Waals surface area contributed by atoms with Crippen molar-refractivity contribution in [3.8, 4) is 5.75 Å². The lowest BCUT2D eigenvalue weighted by atomic mass is 10.1. The van der Waals surface area contributed by atoms with Crippen LogP contribution in [0.25, 0.3) is 0 Å². The van der Waals surface area contributed by atoms with E-state index in [1.165, 1.54) is 17.5 Å². The van der Waals surface area contributed by atoms with Crippen molar-refractivity contribution >= 4 is 21.8 Å². The number of rotatable bonds is 7. The number of sulfonamides is 1. The van der Waals surface area contributed by atoms with E-state index in [0.717, 1.165) is 25.7 Å². The molecule has 184 valence electrons. The molecule has 2 amide bonds. The summed E-state index contributed by atoms with van der Waals surface area (Å²) in [5, 5.41) is 0. The summed E-state index contributed by atoms with van der Waals surface area (Å²) in [6.07, 6.45) is 4.04. The van der Waals surface area contributed by atoms with Gasteiger partial charge in [0.1, 0.15) is 10.6 Å². The molecule has 0 aromatic heterocycles. The Kier molecular flexibility index (Phi) is 8.39. The smallest absolute Gasteiger partial charge is 0.254 e. The van der Waals surface area contributed by atoms with E-state index in [-0.39, 0.29) is 28.5 Å². The largest absolute Gasteiger partial charge is 0.495 e. The zero-order chi connectivity index (χ0) is 24.2. The Morgan fingerprint density at radius 1 is 1.06 bits per heavy atom. The SMILES string of the molecule is COc1ccc(C(=O)N2CCN(C(=O)CCC(C)C)CC2)cc1S(=O)(=O)N1CCCCC1C. The van der Waals surface area contributed by atoms with E-state index < -0.39 is 10.0 Å². The van der Waals surface area contributed by atoms with Gasteiger partial charge in [0.2, 0.25) is 15.9 Å². The highest BCUT2D eigenvalue weighted by molar-refractivity contribution is 7.89. The normalized spacial score (nSPS) is 20.2. The average molecular weight is 480 g/mol. The second-order valence-electron chi connectivity index (χ2n) is 9.43. The monoisotopic (exact) mass is 479 g/mol. The van der Waals surface area contributed by atoms with Gasteiger partial charge in [0.25, 0.3) is 5.91 Å². The maximum absolute atomic E-state index is 13.4. The van der Waals surface area contributed by atoms with Crippen LogP contribution >= 0.6 is 0 Å². The molecule has 9 heteroatoms. The van der Waals surface area contributed by atoms with Crippen LogP contribution in [0, 0.1) is 5.92 Å². The zero-order valence-electron chi connectivity index (χ0n) is 20.2. The molecule has 2 fully saturated rings. The molecular weight excluding hydrogens is 442 g/mol. The van der Waals surface area contributed by atoms with Gasteiger partial charge in [-0.3, -0.25) is 9.59 Å². The van der Waals surface area contributed by atoms with Gasteiger partial charge in [0.15, 0.2) is 0 Å². The number of ether oxygens (including phenoxy) is 1. The summed E-state index contributed by atoms with van der Waals surface area (Å²) >= 11 is 0. The van der Waals surface area contributed by atoms with E-state index in [1.54, 1.807) is 17.0 Å². The Morgan fingerprint density at radius 3 is 2.33 bits per heavy atom. The Morgan fingerprint density at radius 2 is 1.73 bits per heavy atom. The molecule has 0 saturated carbocycles. The fourth-order valence-corrected chi connectivity index (χ4v) is 6.36. The third-order valence-corrected chi connectivity index (χ3v) is 8.63. The first-order chi connectivity index (χ1) is 15.6. The van der Waals surface area contributed by atoms with Gasteiger partial charge in [-0.1, -0.05) is 20.3 Å². The molecule has 1 aromatic rings. The van der Waals surface area contributed by atoms with Gasteiger partial charge in [-0.05, 0) is 50.3 Å². The predicted octanol–water partition coefficient (Wildman–Crippen LogP) is 2.98. The molecular formula is C24H37N3O5S. The number of methoxy groups -OCH3 is 1. The molecule has 1 atom stereocenters. The average Bonchev–Trinajstić information content (AvgIpc) is 2.81. The molecule has 0 spiro atoms. The van der Waals surface area contributed by atoms with Crippen LogP contribution in [0.4, 0.5) is 0 Å². The molecule has 2 saturated heterocycles. The van der Waals surface area contributed by atoms with Gasteiger partial charge in [0, 0.05) is 50.7 Å². The highest BCUT2D eigenvalue weighted by atomic mass is 32.2. The lowest BCUT2D eigenvalue weighted by Crippen LogP contribution is -2.50. The minimum atomic E-state index is -3.79. The number of piperazine rings is 1. The quantitative estimate of drug-likeness (QED) is 0.600. The number of nitrogens with zero attached hydrogens (tertiary/aromatic N) is 3. The Balaban J connectivity index is 1.74. The van der Waals surface area contributed by atoms with E-state index in [4.69, 9.17) is 4.74 Å². The fourth-order valence-electron chi connectivity index (χ4n) is 4.48. The second kappa shape index (κ2) is 10.9. The number of hydrogen-bond acceptors (Lipinski definition) is 5. The first-order valence-electron chi connectivity index (χ1n) is 11.9. The summed E-state index contributed by atoms with van der Waals surface area (Å²) in [6, 6.07) is 4.52. The molecule has 0 N–H and O–H groups in total. The van der Waals surface area contributed by atoms with Crippen molar-refractivity contribution in [2.24, 2.45) is 5.92 Å². The first kappa shape index (κ1) is 25.5. The second-order valence-corrected chi connectivity index (χ2v) is 11.3. The van der Waals surface area contributed by atoms with Crippen molar-refractivity contribution in [1.29, 1.82) is 0 Å². The topological polar surface area (TPSA) is 87.2 Å². The Bertz CT molecular complexity index is 955. The zero-order valence-corrected chi connectivity index (χ0v) is 21.1. The first-order valence-corrected chi connectivity index (χ1v) is 13.4. The summed E-state index contributed by atoms with van der Waals surface area (Å²) in [4.78, 5) is 29.1. The highest BCUT2D eigenvalue weighted by Crippen LogP contribution is 2.32. The molecule has 1 unspecified atom stereocenters. The van der Waals surface area contributed by atoms with Crippen LogP contribution in [0.15, 0.2) is 23.1 Å². The van der Waals surface area contributed by atoms with Crippen LogP contribution < -0.4 is 4.74 Å². The molecule has 1 aromatic carbocycles. The lowest BCUT2D eigenvalue weighted by molar-refractivity contribution is -0.132. The van der Waals surface area contributed by atoms with E-state index in [2.05, 4.69) is 13.8 Å². The molecule has 2 heterocycles. The van der Waals surface area contributed by atoms with Crippen LogP contribution in [0.3, 0.4) is 0 Å². The standard InChI is InChI=1S/C24H37N3O5S/c1-18(2)8-11-23(28)25-13-15-26(16-14-25)24(29)20-9-10-21(32-4)22(17-20)33(30,31)27-12-6-5-7-19(27)3/h9-10,17-19H,5-8,11-16H2,1-4H3. The molecule has 2 aliphatic heterocycles. The highest BCUT2D eigenvalue weighted by Gasteiger charge is 2.34. The third kappa shape index (κ3) is 5.87. The van der Waals surface area contributed by atoms with Gasteiger partial charge in [-0.2, -0.15) is 4.31 Å². The van der Waals surface area contributed by atoms with E-state index >= 15 is 0 Å². The maximum Gasteiger partial charge on any atom is 0.254 e. The summed E-state index contributed by atoms with van der Waals surface area (Å²) < 4.78 is 33.7. The molecule has 33 heavy (non-hydrogen) atoms. The van der Waals surface area contributed by atoms with Crippen LogP contribution in [-0.4, -0.2) is 80.2 Å². The van der Waals surface area contributed by atoms with Crippen LogP contribution in [0.5, 0.6) is 5.75 Å². The van der Waals surface area contributed by atoms with E-state index in [0.29, 0.717) is 50.6 Å². The summed E-state index contributed by atoms with van der Waals surface area (Å²) in [6.45, 7) is 8.44. The van der Waals surface area contributed by atoms with E-state index in [1.807, 2.05) is 11.8 Å². The van der Waals surface area contributed by atoms with Gasteiger partial charge >= 0.3 is 0 Å². The Hall–Kier alpha value is -2.13. The van der Waals surface area contributed by atoms with Gasteiger partial charge in [-0.15, -0.1) is 0 Å². The maximum atomic E-state index is 13.4. The number of carbonyl (C=O) groups is 2. The predicted molar refractivity (Wildman–Crippen MR) is 127 cm³/mol. The number of hydrogen-bond donors (Lipinski definition) is 0. The van der Waals surface area contributed by atoms with E-state index in [9.17, 15) is 18.0 Å².